The van der Waals surface area contributed by atoms with Gasteiger partial charge in [0.05, 0.1) is 29.2 Å². The minimum absolute atomic E-state index is 0.0101. The maximum Gasteiger partial charge on any atom is 0.573 e. The van der Waals surface area contributed by atoms with Gasteiger partial charge in [0.15, 0.2) is 5.75 Å². The normalized spacial score (nSPS) is 19.3. The molecule has 3 aromatic rings. The minimum atomic E-state index is -5.01. The number of likely N-dealkylation sites (tertiary alicyclic amines) is 1. The van der Waals surface area contributed by atoms with E-state index in [9.17, 15) is 27.2 Å². The number of ether oxygens (including phenoxy) is 2. The highest BCUT2D eigenvalue weighted by Crippen LogP contribution is 2.34. The number of benzene rings is 2. The van der Waals surface area contributed by atoms with Crippen LogP contribution < -0.4 is 15.4 Å². The summed E-state index contributed by atoms with van der Waals surface area (Å²) in [5.41, 5.74) is 0.950. The number of morpholine rings is 1. The zero-order valence-corrected chi connectivity index (χ0v) is 21.7. The average Bonchev–Trinajstić information content (AvgIpc) is 3.27. The molecule has 214 valence electrons. The Kier molecular flexibility index (Phi) is 8.04. The quantitative estimate of drug-likeness (QED) is 0.279. The van der Waals surface area contributed by atoms with Gasteiger partial charge in [0, 0.05) is 30.5 Å². The summed E-state index contributed by atoms with van der Waals surface area (Å²) < 4.78 is 62.8. The van der Waals surface area contributed by atoms with E-state index in [-0.39, 0.29) is 29.1 Å². The van der Waals surface area contributed by atoms with Gasteiger partial charge in [0.25, 0.3) is 5.91 Å². The van der Waals surface area contributed by atoms with Crippen molar-refractivity contribution in [2.24, 2.45) is 0 Å². The number of carbonyl (C=O) groups excluding carboxylic acids is 2. The number of amides is 2. The number of fused-ring (bicyclic) bond motifs is 2. The number of halogens is 4. The number of hydrogen-bond acceptors (Lipinski definition) is 6. The second kappa shape index (κ2) is 11.7. The van der Waals surface area contributed by atoms with Crippen LogP contribution in [0.3, 0.4) is 0 Å². The Morgan fingerprint density at radius 1 is 1.07 bits per heavy atom. The van der Waals surface area contributed by atoms with Crippen LogP contribution in [0.25, 0.3) is 11.3 Å². The lowest BCUT2D eigenvalue weighted by molar-refractivity contribution is -0.274. The van der Waals surface area contributed by atoms with Crippen LogP contribution in [-0.2, 0) is 9.53 Å². The Morgan fingerprint density at radius 3 is 2.46 bits per heavy atom. The van der Waals surface area contributed by atoms with Crippen LogP contribution in [0, 0.1) is 5.82 Å². The van der Waals surface area contributed by atoms with Gasteiger partial charge >= 0.3 is 6.36 Å². The lowest BCUT2D eigenvalue weighted by Crippen LogP contribution is -2.51. The molecule has 2 N–H and O–H groups in total. The highest BCUT2D eigenvalue weighted by atomic mass is 19.4. The van der Waals surface area contributed by atoms with Crippen molar-refractivity contribution in [2.75, 3.05) is 23.7 Å². The molecule has 2 amide bonds. The van der Waals surface area contributed by atoms with E-state index >= 15 is 0 Å². The van der Waals surface area contributed by atoms with E-state index in [1.807, 2.05) is 4.90 Å². The third-order valence-electron chi connectivity index (χ3n) is 6.82. The Morgan fingerprint density at radius 2 is 1.83 bits per heavy atom. The van der Waals surface area contributed by atoms with Crippen LogP contribution >= 0.6 is 0 Å². The van der Waals surface area contributed by atoms with E-state index in [2.05, 4.69) is 26.9 Å². The van der Waals surface area contributed by atoms with Crippen LogP contribution in [0.4, 0.5) is 28.9 Å². The van der Waals surface area contributed by atoms with Crippen molar-refractivity contribution < 1.29 is 36.6 Å². The first-order valence-electron chi connectivity index (χ1n) is 12.8. The molecule has 2 saturated heterocycles. The molecule has 0 spiro atoms. The number of carbonyl (C=O) groups is 2. The molecule has 5 rings (SSSR count). The Balaban J connectivity index is 1.33. The number of pyridine rings is 1. The molecule has 3 atom stereocenters. The molecule has 8 nitrogen and oxygen atoms in total. The van der Waals surface area contributed by atoms with E-state index < -0.39 is 35.8 Å². The van der Waals surface area contributed by atoms with Crippen molar-refractivity contribution in [3.63, 3.8) is 0 Å². The Bertz CT molecular complexity index is 1440. The maximum absolute atomic E-state index is 13.5. The van der Waals surface area contributed by atoms with Gasteiger partial charge in [-0.25, -0.2) is 4.39 Å². The molecule has 0 aliphatic carbocycles. The lowest BCUT2D eigenvalue weighted by Gasteiger charge is -2.35. The molecule has 12 heteroatoms. The zero-order chi connectivity index (χ0) is 29.1. The fraction of sp³-hybridized carbons (Fsp3) is 0.276. The summed E-state index contributed by atoms with van der Waals surface area (Å²) >= 11 is 0. The van der Waals surface area contributed by atoms with Crippen LogP contribution in [-0.4, -0.2) is 59.4 Å². The van der Waals surface area contributed by atoms with E-state index in [4.69, 9.17) is 4.74 Å². The Hall–Kier alpha value is -4.29. The van der Waals surface area contributed by atoms with Crippen molar-refractivity contribution in [3.05, 3.63) is 84.8 Å². The first kappa shape index (κ1) is 28.2. The third-order valence-corrected chi connectivity index (χ3v) is 6.82. The van der Waals surface area contributed by atoms with Crippen molar-refractivity contribution in [1.29, 1.82) is 0 Å². The lowest BCUT2D eigenvalue weighted by atomic mass is 10.1. The van der Waals surface area contributed by atoms with Crippen LogP contribution in [0.5, 0.6) is 5.75 Å². The zero-order valence-electron chi connectivity index (χ0n) is 21.7. The smallest absolute Gasteiger partial charge is 0.404 e. The van der Waals surface area contributed by atoms with Gasteiger partial charge in [-0.1, -0.05) is 18.2 Å². The number of nitrogens with zero attached hydrogens (tertiary/aromatic N) is 2. The monoisotopic (exact) mass is 570 g/mol. The van der Waals surface area contributed by atoms with Gasteiger partial charge in [-0.2, -0.15) is 0 Å². The third kappa shape index (κ3) is 6.90. The minimum Gasteiger partial charge on any atom is -0.404 e. The first-order chi connectivity index (χ1) is 19.6. The van der Waals surface area contributed by atoms with Gasteiger partial charge in [-0.15, -0.1) is 19.8 Å². The van der Waals surface area contributed by atoms with Gasteiger partial charge in [-0.05, 0) is 55.3 Å². The van der Waals surface area contributed by atoms with E-state index in [1.54, 1.807) is 12.1 Å². The fourth-order valence-corrected chi connectivity index (χ4v) is 4.97. The first-order valence-corrected chi connectivity index (χ1v) is 12.8. The van der Waals surface area contributed by atoms with Crippen molar-refractivity contribution in [1.82, 2.24) is 9.88 Å². The summed E-state index contributed by atoms with van der Waals surface area (Å²) in [6.45, 7) is 4.72. The van der Waals surface area contributed by atoms with Crippen LogP contribution in [0.2, 0.25) is 0 Å². The van der Waals surface area contributed by atoms with Crippen molar-refractivity contribution in [2.45, 2.75) is 37.5 Å². The van der Waals surface area contributed by atoms with Gasteiger partial charge in [0.1, 0.15) is 11.9 Å². The van der Waals surface area contributed by atoms with Gasteiger partial charge in [0.2, 0.25) is 5.91 Å². The number of nitrogens with one attached hydrogen (secondary N) is 2. The van der Waals surface area contributed by atoms with E-state index in [0.29, 0.717) is 24.3 Å². The predicted octanol–water partition coefficient (Wildman–Crippen LogP) is 5.39. The molecule has 3 heterocycles. The fourth-order valence-electron chi connectivity index (χ4n) is 4.97. The van der Waals surface area contributed by atoms with Crippen LogP contribution in [0.1, 0.15) is 23.2 Å². The summed E-state index contributed by atoms with van der Waals surface area (Å²) in [6.07, 6.45) is -0.559. The second-order valence-corrected chi connectivity index (χ2v) is 9.74. The molecule has 2 bridgehead atoms. The summed E-state index contributed by atoms with van der Waals surface area (Å²) in [7, 11) is 0. The summed E-state index contributed by atoms with van der Waals surface area (Å²) in [6, 6.07) is 11.4. The largest absolute Gasteiger partial charge is 0.573 e. The van der Waals surface area contributed by atoms with Gasteiger partial charge in [-0.3, -0.25) is 19.5 Å². The van der Waals surface area contributed by atoms with Crippen molar-refractivity contribution >= 4 is 23.2 Å². The van der Waals surface area contributed by atoms with Crippen molar-refractivity contribution in [3.8, 4) is 17.0 Å². The number of anilines is 2. The maximum atomic E-state index is 13.5. The topological polar surface area (TPSA) is 92.8 Å². The number of alkyl halides is 3. The van der Waals surface area contributed by atoms with E-state index in [1.165, 1.54) is 48.7 Å². The Labute approximate surface area is 233 Å². The highest BCUT2D eigenvalue weighted by molar-refractivity contribution is 6.05. The number of rotatable bonds is 8. The molecular formula is C29H26F4N4O4. The molecular weight excluding hydrogens is 544 g/mol. The highest BCUT2D eigenvalue weighted by Gasteiger charge is 2.38. The molecule has 2 aliphatic rings. The second-order valence-electron chi connectivity index (χ2n) is 9.74. The summed E-state index contributed by atoms with van der Waals surface area (Å²) in [5.74, 6) is -2.27. The average molecular weight is 571 g/mol. The molecule has 2 aliphatic heterocycles. The number of aromatic nitrogens is 1. The van der Waals surface area contributed by atoms with Gasteiger partial charge < -0.3 is 20.1 Å². The molecule has 41 heavy (non-hydrogen) atoms. The molecule has 0 radical (unpaired) electrons. The summed E-state index contributed by atoms with van der Waals surface area (Å²) in [4.78, 5) is 32.1. The molecule has 2 aromatic carbocycles. The SMILES string of the molecule is C=CC(C(=O)Nc1cc(NC(=O)c2ccc(-c3cccc(F)c3)nc2)ccc1OC(F)(F)F)N1CC2CCC(C1)O2. The summed E-state index contributed by atoms with van der Waals surface area (Å²) in [5, 5.41) is 5.09. The molecule has 0 saturated carbocycles. The van der Waals surface area contributed by atoms with Crippen LogP contribution in [0.15, 0.2) is 73.4 Å². The molecule has 1 aromatic heterocycles. The molecule has 2 fully saturated rings. The van der Waals surface area contributed by atoms with E-state index in [0.717, 1.165) is 18.9 Å². The standard InChI is InChI=1S/C29H26F4N4O4/c1-2-25(37-15-21-8-9-22(16-37)40-21)28(39)36-24-13-20(7-11-26(24)41-29(31,32)33)35-27(38)18-6-10-23(34-14-18)17-4-3-5-19(30)12-17/h2-7,10-14,21-22,25H,1,8-9,15-16H2,(H,35,38)(H,36,39). The molecule has 3 unspecified atom stereocenters. The predicted molar refractivity (Wildman–Crippen MR) is 143 cm³/mol. The number of hydrogen-bond donors (Lipinski definition) is 2.